The van der Waals surface area contributed by atoms with Crippen molar-refractivity contribution < 1.29 is 8.42 Å². The van der Waals surface area contributed by atoms with Gasteiger partial charge in [-0.2, -0.15) is 0 Å². The zero-order chi connectivity index (χ0) is 17.7. The summed E-state index contributed by atoms with van der Waals surface area (Å²) < 4.78 is 23.0. The van der Waals surface area contributed by atoms with Gasteiger partial charge in [-0.3, -0.25) is 0 Å². The molecule has 4 heteroatoms. The summed E-state index contributed by atoms with van der Waals surface area (Å²) in [6.45, 7) is 0. The van der Waals surface area contributed by atoms with Gasteiger partial charge in [0.2, 0.25) is 0 Å². The van der Waals surface area contributed by atoms with Crippen molar-refractivity contribution in [1.82, 2.24) is 0 Å². The quantitative estimate of drug-likeness (QED) is 0.567. The van der Waals surface area contributed by atoms with Crippen molar-refractivity contribution in [1.29, 1.82) is 0 Å². The van der Waals surface area contributed by atoms with Gasteiger partial charge < -0.3 is 0 Å². The van der Waals surface area contributed by atoms with E-state index in [0.717, 1.165) is 11.1 Å². The molecule has 25 heavy (non-hydrogen) atoms. The fraction of sp³-hybridized carbons (Fsp3) is 0.143. The van der Waals surface area contributed by atoms with Crippen LogP contribution in [-0.4, -0.2) is 14.7 Å². The monoisotopic (exact) mass is 368 g/mol. The van der Waals surface area contributed by atoms with Crippen molar-refractivity contribution >= 4 is 21.6 Å². The van der Waals surface area contributed by atoms with Crippen LogP contribution in [0.3, 0.4) is 0 Å². The second-order valence-corrected chi connectivity index (χ2v) is 9.35. The van der Waals surface area contributed by atoms with Crippen LogP contribution in [0.5, 0.6) is 0 Å². The van der Waals surface area contributed by atoms with E-state index < -0.39 is 9.84 Å². The molecule has 0 saturated heterocycles. The highest BCUT2D eigenvalue weighted by Gasteiger charge is 2.16. The molecular weight excluding hydrogens is 348 g/mol. The van der Waals surface area contributed by atoms with Gasteiger partial charge in [0.05, 0.1) is 11.0 Å². The lowest BCUT2D eigenvalue weighted by atomic mass is 10.0. The largest absolute Gasteiger partial charge is 0.229 e. The Labute approximate surface area is 153 Å². The molecule has 0 spiro atoms. The number of rotatable bonds is 6. The first kappa shape index (κ1) is 17.8. The van der Waals surface area contributed by atoms with Crippen LogP contribution in [-0.2, 0) is 15.6 Å². The average Bonchev–Trinajstić information content (AvgIpc) is 2.61. The first-order chi connectivity index (χ1) is 12.0. The van der Waals surface area contributed by atoms with E-state index in [0.29, 0.717) is 0 Å². The van der Waals surface area contributed by atoms with Gasteiger partial charge in [-0.25, -0.2) is 8.42 Å². The van der Waals surface area contributed by atoms with Gasteiger partial charge in [0.1, 0.15) is 0 Å². The van der Waals surface area contributed by atoms with Gasteiger partial charge in [0.25, 0.3) is 0 Å². The van der Waals surface area contributed by atoms with Crippen LogP contribution in [0.25, 0.3) is 0 Å². The van der Waals surface area contributed by atoms with E-state index in [4.69, 9.17) is 0 Å². The van der Waals surface area contributed by atoms with Crippen molar-refractivity contribution in [2.45, 2.75) is 15.9 Å². The van der Waals surface area contributed by atoms with Gasteiger partial charge in [-0.1, -0.05) is 72.8 Å². The highest BCUT2D eigenvalue weighted by atomic mass is 32.2. The normalized spacial score (nSPS) is 12.7. The Morgan fingerprint density at radius 3 is 1.84 bits per heavy atom. The molecule has 3 aromatic rings. The number of benzene rings is 3. The van der Waals surface area contributed by atoms with Gasteiger partial charge in [-0.05, 0) is 28.8 Å². The van der Waals surface area contributed by atoms with Crippen molar-refractivity contribution in [3.05, 3.63) is 102 Å². The SMILES string of the molecule is CS(=O)(=O)Cc1ccc(C(Sc2ccccc2)c2ccccc2)cc1. The van der Waals surface area contributed by atoms with Crippen molar-refractivity contribution in [3.8, 4) is 0 Å². The summed E-state index contributed by atoms with van der Waals surface area (Å²) in [5, 5.41) is 0.163. The first-order valence-electron chi connectivity index (χ1n) is 8.04. The van der Waals surface area contributed by atoms with Gasteiger partial charge in [-0.15, -0.1) is 11.8 Å². The molecule has 3 rings (SSSR count). The van der Waals surface area contributed by atoms with Crippen molar-refractivity contribution in [2.75, 3.05) is 6.26 Å². The fourth-order valence-electron chi connectivity index (χ4n) is 2.68. The van der Waals surface area contributed by atoms with E-state index in [1.807, 2.05) is 60.7 Å². The Balaban J connectivity index is 1.91. The Hall–Kier alpha value is -2.04. The molecule has 0 N–H and O–H groups in total. The van der Waals surface area contributed by atoms with E-state index in [1.165, 1.54) is 16.7 Å². The maximum atomic E-state index is 11.5. The minimum Gasteiger partial charge on any atom is -0.229 e. The second-order valence-electron chi connectivity index (χ2n) is 6.03. The molecule has 0 fully saturated rings. The maximum absolute atomic E-state index is 11.5. The molecule has 1 unspecified atom stereocenters. The van der Waals surface area contributed by atoms with Crippen molar-refractivity contribution in [3.63, 3.8) is 0 Å². The lowest BCUT2D eigenvalue weighted by molar-refractivity contribution is 0.601. The highest BCUT2D eigenvalue weighted by molar-refractivity contribution is 7.99. The first-order valence-corrected chi connectivity index (χ1v) is 11.0. The smallest absolute Gasteiger partial charge is 0.151 e. The standard InChI is InChI=1S/C21H20O2S2/c1-25(22,23)16-17-12-14-19(15-13-17)21(18-8-4-2-5-9-18)24-20-10-6-3-7-11-20/h2-15,21H,16H2,1H3. The van der Waals surface area contributed by atoms with Crippen molar-refractivity contribution in [2.24, 2.45) is 0 Å². The van der Waals surface area contributed by atoms with Gasteiger partial charge >= 0.3 is 0 Å². The molecule has 0 amide bonds. The Kier molecular flexibility index (Phi) is 5.61. The minimum absolute atomic E-state index is 0.0785. The molecule has 0 aliphatic rings. The number of sulfone groups is 1. The van der Waals surface area contributed by atoms with Crippen LogP contribution in [0.15, 0.2) is 89.8 Å². The second kappa shape index (κ2) is 7.89. The average molecular weight is 369 g/mol. The fourth-order valence-corrected chi connectivity index (χ4v) is 4.65. The van der Waals surface area contributed by atoms with Gasteiger partial charge in [0.15, 0.2) is 9.84 Å². The summed E-state index contributed by atoms with van der Waals surface area (Å²) in [4.78, 5) is 1.21. The molecule has 1 atom stereocenters. The number of hydrogen-bond acceptors (Lipinski definition) is 3. The summed E-state index contributed by atoms with van der Waals surface area (Å²) in [6, 6.07) is 28.6. The summed E-state index contributed by atoms with van der Waals surface area (Å²) >= 11 is 1.80. The van der Waals surface area contributed by atoms with Gasteiger partial charge in [0, 0.05) is 11.2 Å². The van der Waals surface area contributed by atoms with E-state index >= 15 is 0 Å². The minimum atomic E-state index is -3.02. The van der Waals surface area contributed by atoms with E-state index in [1.54, 1.807) is 11.8 Å². The molecule has 0 bridgehead atoms. The molecule has 2 nitrogen and oxygen atoms in total. The highest BCUT2D eigenvalue weighted by Crippen LogP contribution is 2.40. The third kappa shape index (κ3) is 5.21. The molecule has 3 aromatic carbocycles. The zero-order valence-corrected chi connectivity index (χ0v) is 15.6. The summed E-state index contributed by atoms with van der Waals surface area (Å²) in [5.74, 6) is 0.0785. The summed E-state index contributed by atoms with van der Waals surface area (Å²) in [6.07, 6.45) is 1.26. The lowest BCUT2D eigenvalue weighted by Gasteiger charge is -2.18. The Bertz CT molecular complexity index is 903. The van der Waals surface area contributed by atoms with Crippen LogP contribution in [0.1, 0.15) is 21.9 Å². The molecular formula is C21H20O2S2. The lowest BCUT2D eigenvalue weighted by Crippen LogP contribution is -2.02. The predicted molar refractivity (Wildman–Crippen MR) is 106 cm³/mol. The molecule has 0 heterocycles. The molecule has 0 aliphatic heterocycles. The van der Waals surface area contributed by atoms with E-state index in [9.17, 15) is 8.42 Å². The topological polar surface area (TPSA) is 34.1 Å². The van der Waals surface area contributed by atoms with Crippen LogP contribution in [0.4, 0.5) is 0 Å². The Morgan fingerprint density at radius 2 is 1.28 bits per heavy atom. The molecule has 128 valence electrons. The molecule has 0 saturated carbocycles. The maximum Gasteiger partial charge on any atom is 0.151 e. The third-order valence-corrected chi connectivity index (χ3v) is 5.99. The van der Waals surface area contributed by atoms with E-state index in [2.05, 4.69) is 24.3 Å². The van der Waals surface area contributed by atoms with Crippen LogP contribution < -0.4 is 0 Å². The summed E-state index contributed by atoms with van der Waals surface area (Å²) in [7, 11) is -3.02. The zero-order valence-electron chi connectivity index (χ0n) is 14.0. The molecule has 0 aliphatic carbocycles. The Morgan fingerprint density at radius 1 is 0.760 bits per heavy atom. The molecule has 0 radical (unpaired) electrons. The van der Waals surface area contributed by atoms with Crippen LogP contribution in [0.2, 0.25) is 0 Å². The number of hydrogen-bond donors (Lipinski definition) is 0. The van der Waals surface area contributed by atoms with Crippen LogP contribution >= 0.6 is 11.8 Å². The van der Waals surface area contributed by atoms with E-state index in [-0.39, 0.29) is 11.0 Å². The number of thioether (sulfide) groups is 1. The van der Waals surface area contributed by atoms with Crippen LogP contribution in [0, 0.1) is 0 Å². The predicted octanol–water partition coefficient (Wildman–Crippen LogP) is 5.11. The third-order valence-electron chi connectivity index (χ3n) is 3.81. The summed E-state index contributed by atoms with van der Waals surface area (Å²) in [5.41, 5.74) is 3.22. The molecule has 0 aromatic heterocycles.